The molecule has 1 aliphatic rings. The number of morpholine rings is 1. The molecule has 1 saturated heterocycles. The third-order valence-corrected chi connectivity index (χ3v) is 7.34. The van der Waals surface area contributed by atoms with Crippen LogP contribution in [0.1, 0.15) is 11.1 Å². The Morgan fingerprint density at radius 3 is 2.81 bits per heavy atom. The average molecular weight is 404 g/mol. The zero-order valence-corrected chi connectivity index (χ0v) is 16.6. The van der Waals surface area contributed by atoms with Crippen LogP contribution in [0.15, 0.2) is 52.5 Å². The lowest BCUT2D eigenvalue weighted by molar-refractivity contribution is 0.0730. The van der Waals surface area contributed by atoms with E-state index in [2.05, 4.69) is 16.0 Å². The third-order valence-electron chi connectivity index (χ3n) is 4.50. The Hall–Kier alpha value is -1.87. The molecule has 2 aromatic carbocycles. The van der Waals surface area contributed by atoms with Crippen molar-refractivity contribution in [3.05, 3.63) is 53.6 Å². The number of aryl methyl sites for hydroxylation is 1. The molecule has 3 aromatic rings. The molecule has 142 valence electrons. The van der Waals surface area contributed by atoms with Gasteiger partial charge >= 0.3 is 0 Å². The van der Waals surface area contributed by atoms with E-state index in [1.165, 1.54) is 9.87 Å². The van der Waals surface area contributed by atoms with Gasteiger partial charge in [-0.15, -0.1) is 0 Å². The summed E-state index contributed by atoms with van der Waals surface area (Å²) in [5.41, 5.74) is 4.09. The summed E-state index contributed by atoms with van der Waals surface area (Å²) in [5.74, 6) is 0.644. The third kappa shape index (κ3) is 4.03. The SMILES string of the molecule is Cc1ccc2nc(SCc3cccc(S(=O)(=O)N4CCOCC4)c3)[nH]c2c1. The lowest BCUT2D eigenvalue weighted by atomic mass is 10.2. The van der Waals surface area contributed by atoms with Crippen LogP contribution in [0.4, 0.5) is 0 Å². The van der Waals surface area contributed by atoms with Crippen LogP contribution in [0.2, 0.25) is 0 Å². The van der Waals surface area contributed by atoms with E-state index in [0.29, 0.717) is 37.0 Å². The van der Waals surface area contributed by atoms with E-state index < -0.39 is 10.0 Å². The molecule has 2 heterocycles. The molecule has 0 bridgehead atoms. The van der Waals surface area contributed by atoms with Crippen molar-refractivity contribution in [2.75, 3.05) is 26.3 Å². The van der Waals surface area contributed by atoms with Gasteiger partial charge in [0.15, 0.2) is 5.16 Å². The second kappa shape index (κ2) is 7.63. The number of nitrogens with one attached hydrogen (secondary N) is 1. The van der Waals surface area contributed by atoms with Crippen LogP contribution in [0, 0.1) is 6.92 Å². The number of aromatic nitrogens is 2. The van der Waals surface area contributed by atoms with Crippen LogP contribution in [-0.2, 0) is 20.5 Å². The Kier molecular flexibility index (Phi) is 5.23. The standard InChI is InChI=1S/C19H21N3O3S2/c1-14-5-6-17-18(11-14)21-19(20-17)26-13-15-3-2-4-16(12-15)27(23,24)22-7-9-25-10-8-22/h2-6,11-12H,7-10,13H2,1H3,(H,20,21). The first-order valence-electron chi connectivity index (χ1n) is 8.78. The molecule has 27 heavy (non-hydrogen) atoms. The van der Waals surface area contributed by atoms with E-state index in [1.54, 1.807) is 30.0 Å². The highest BCUT2D eigenvalue weighted by Crippen LogP contribution is 2.25. The Morgan fingerprint density at radius 2 is 2.00 bits per heavy atom. The quantitative estimate of drug-likeness (QED) is 0.662. The fourth-order valence-electron chi connectivity index (χ4n) is 3.05. The summed E-state index contributed by atoms with van der Waals surface area (Å²) in [6, 6.07) is 13.3. The van der Waals surface area contributed by atoms with Gasteiger partial charge in [-0.05, 0) is 42.3 Å². The van der Waals surface area contributed by atoms with Crippen molar-refractivity contribution in [3.8, 4) is 0 Å². The van der Waals surface area contributed by atoms with Gasteiger partial charge in [0.2, 0.25) is 10.0 Å². The van der Waals surface area contributed by atoms with Crippen LogP contribution < -0.4 is 0 Å². The molecular formula is C19H21N3O3S2. The molecule has 0 atom stereocenters. The monoisotopic (exact) mass is 403 g/mol. The molecule has 1 fully saturated rings. The second-order valence-corrected chi connectivity index (χ2v) is 9.42. The summed E-state index contributed by atoms with van der Waals surface area (Å²) in [6.07, 6.45) is 0. The Bertz CT molecular complexity index is 1060. The molecule has 8 heteroatoms. The smallest absolute Gasteiger partial charge is 0.243 e. The molecule has 1 aromatic heterocycles. The average Bonchev–Trinajstić information content (AvgIpc) is 3.09. The van der Waals surface area contributed by atoms with E-state index in [1.807, 2.05) is 25.1 Å². The van der Waals surface area contributed by atoms with Crippen LogP contribution in [-0.4, -0.2) is 49.0 Å². The van der Waals surface area contributed by atoms with Crippen molar-refractivity contribution in [2.45, 2.75) is 22.7 Å². The van der Waals surface area contributed by atoms with E-state index >= 15 is 0 Å². The molecule has 1 N–H and O–H groups in total. The van der Waals surface area contributed by atoms with Crippen molar-refractivity contribution >= 4 is 32.8 Å². The number of hydrogen-bond donors (Lipinski definition) is 1. The molecule has 0 unspecified atom stereocenters. The molecule has 6 nitrogen and oxygen atoms in total. The lowest BCUT2D eigenvalue weighted by Gasteiger charge is -2.26. The van der Waals surface area contributed by atoms with Crippen LogP contribution in [0.3, 0.4) is 0 Å². The van der Waals surface area contributed by atoms with E-state index in [-0.39, 0.29) is 0 Å². The molecule has 0 spiro atoms. The minimum absolute atomic E-state index is 0.336. The summed E-state index contributed by atoms with van der Waals surface area (Å²) in [5, 5.41) is 0.831. The van der Waals surface area contributed by atoms with Gasteiger partial charge in [0.1, 0.15) is 0 Å². The normalized spacial score (nSPS) is 16.0. The van der Waals surface area contributed by atoms with Crippen LogP contribution in [0.25, 0.3) is 11.0 Å². The number of thioether (sulfide) groups is 1. The van der Waals surface area contributed by atoms with Gasteiger partial charge in [-0.25, -0.2) is 13.4 Å². The number of rotatable bonds is 5. The Morgan fingerprint density at radius 1 is 1.19 bits per heavy atom. The number of ether oxygens (including phenoxy) is 1. The summed E-state index contributed by atoms with van der Waals surface area (Å²) in [4.78, 5) is 8.23. The molecule has 1 aliphatic heterocycles. The lowest BCUT2D eigenvalue weighted by Crippen LogP contribution is -2.40. The maximum absolute atomic E-state index is 12.8. The maximum Gasteiger partial charge on any atom is 0.243 e. The zero-order chi connectivity index (χ0) is 18.9. The summed E-state index contributed by atoms with van der Waals surface area (Å²) < 4.78 is 32.4. The second-order valence-electron chi connectivity index (χ2n) is 6.52. The first kappa shape index (κ1) is 18.5. The van der Waals surface area contributed by atoms with Crippen LogP contribution >= 0.6 is 11.8 Å². The molecular weight excluding hydrogens is 382 g/mol. The molecule has 0 aliphatic carbocycles. The topological polar surface area (TPSA) is 75.3 Å². The summed E-state index contributed by atoms with van der Waals surface area (Å²) >= 11 is 1.56. The highest BCUT2D eigenvalue weighted by Gasteiger charge is 2.26. The maximum atomic E-state index is 12.8. The zero-order valence-electron chi connectivity index (χ0n) is 15.0. The summed E-state index contributed by atoms with van der Waals surface area (Å²) in [6.45, 7) is 3.74. The minimum atomic E-state index is -3.47. The molecule has 0 radical (unpaired) electrons. The largest absolute Gasteiger partial charge is 0.379 e. The van der Waals surface area contributed by atoms with E-state index in [9.17, 15) is 8.42 Å². The first-order chi connectivity index (χ1) is 13.0. The number of aromatic amines is 1. The first-order valence-corrected chi connectivity index (χ1v) is 11.2. The van der Waals surface area contributed by atoms with E-state index in [4.69, 9.17) is 4.74 Å². The van der Waals surface area contributed by atoms with Gasteiger partial charge in [-0.1, -0.05) is 30.0 Å². The van der Waals surface area contributed by atoms with E-state index in [0.717, 1.165) is 21.8 Å². The summed E-state index contributed by atoms with van der Waals surface area (Å²) in [7, 11) is -3.47. The van der Waals surface area contributed by atoms with Gasteiger partial charge in [-0.2, -0.15) is 4.31 Å². The van der Waals surface area contributed by atoms with Gasteiger partial charge in [0.05, 0.1) is 29.1 Å². The highest BCUT2D eigenvalue weighted by atomic mass is 32.2. The highest BCUT2D eigenvalue weighted by molar-refractivity contribution is 7.98. The number of sulfonamides is 1. The molecule has 0 saturated carbocycles. The fraction of sp³-hybridized carbons (Fsp3) is 0.316. The van der Waals surface area contributed by atoms with Crippen molar-refractivity contribution in [2.24, 2.45) is 0 Å². The minimum Gasteiger partial charge on any atom is -0.379 e. The number of nitrogens with zero attached hydrogens (tertiary/aromatic N) is 2. The number of fused-ring (bicyclic) bond motifs is 1. The van der Waals surface area contributed by atoms with Crippen molar-refractivity contribution < 1.29 is 13.2 Å². The van der Waals surface area contributed by atoms with Crippen LogP contribution in [0.5, 0.6) is 0 Å². The number of hydrogen-bond acceptors (Lipinski definition) is 5. The Balaban J connectivity index is 1.50. The predicted octanol–water partition coefficient (Wildman–Crippen LogP) is 3.18. The number of imidazole rings is 1. The van der Waals surface area contributed by atoms with Crippen molar-refractivity contribution in [1.82, 2.24) is 14.3 Å². The molecule has 0 amide bonds. The predicted molar refractivity (Wildman–Crippen MR) is 106 cm³/mol. The number of benzene rings is 2. The van der Waals surface area contributed by atoms with Crippen molar-refractivity contribution in [3.63, 3.8) is 0 Å². The number of H-pyrrole nitrogens is 1. The van der Waals surface area contributed by atoms with Gasteiger partial charge in [0, 0.05) is 18.8 Å². The van der Waals surface area contributed by atoms with Crippen molar-refractivity contribution in [1.29, 1.82) is 0 Å². The molecule has 4 rings (SSSR count). The van der Waals surface area contributed by atoms with Gasteiger partial charge < -0.3 is 9.72 Å². The Labute approximate surface area is 163 Å². The fourth-order valence-corrected chi connectivity index (χ4v) is 5.36. The van der Waals surface area contributed by atoms with Gasteiger partial charge in [-0.3, -0.25) is 0 Å². The van der Waals surface area contributed by atoms with Gasteiger partial charge in [0.25, 0.3) is 0 Å².